The van der Waals surface area contributed by atoms with Crippen LogP contribution < -0.4 is 16.1 Å². The van der Waals surface area contributed by atoms with Crippen LogP contribution in [0.15, 0.2) is 26.9 Å². The van der Waals surface area contributed by atoms with Gasteiger partial charge in [-0.2, -0.15) is 0 Å². The van der Waals surface area contributed by atoms with E-state index in [-0.39, 0.29) is 0 Å². The first-order chi connectivity index (χ1) is 8.51. The summed E-state index contributed by atoms with van der Waals surface area (Å²) >= 11 is 3.18. The van der Waals surface area contributed by atoms with Gasteiger partial charge in [-0.1, -0.05) is 56.4 Å². The summed E-state index contributed by atoms with van der Waals surface area (Å²) < 4.78 is 5.76. The topological polar surface area (TPSA) is 30.2 Å². The summed E-state index contributed by atoms with van der Waals surface area (Å²) in [5, 5.41) is 1.11. The first-order valence-electron chi connectivity index (χ1n) is 5.84. The van der Waals surface area contributed by atoms with E-state index in [0.717, 1.165) is 12.0 Å². The van der Waals surface area contributed by atoms with Crippen molar-refractivity contribution in [1.29, 1.82) is 0 Å². The van der Waals surface area contributed by atoms with Gasteiger partial charge in [-0.15, -0.1) is 0 Å². The number of hydrogen-bond donors (Lipinski definition) is 0. The fourth-order valence-corrected chi connectivity index (χ4v) is 1.73. The summed E-state index contributed by atoms with van der Waals surface area (Å²) in [5.74, 6) is 0.495. The van der Waals surface area contributed by atoms with E-state index in [1.807, 2.05) is 20.8 Å². The molecule has 1 heterocycles. The molecule has 0 aromatic carbocycles. The summed E-state index contributed by atoms with van der Waals surface area (Å²) in [6.45, 7) is 17.2. The molecule has 0 aliphatic heterocycles. The van der Waals surface area contributed by atoms with E-state index >= 15 is 0 Å². The van der Waals surface area contributed by atoms with Gasteiger partial charge in [-0.05, 0) is 23.8 Å². The van der Waals surface area contributed by atoms with Gasteiger partial charge in [-0.3, -0.25) is 0 Å². The molecule has 0 unspecified atom stereocenters. The first-order valence-corrected chi connectivity index (χ1v) is 6.64. The summed E-state index contributed by atoms with van der Waals surface area (Å²) in [4.78, 5) is 11.7. The highest BCUT2D eigenvalue weighted by Crippen LogP contribution is 2.03. The van der Waals surface area contributed by atoms with Crippen molar-refractivity contribution in [1.82, 2.24) is 0 Å². The smallest absolute Gasteiger partial charge is 0.344 e. The molecule has 0 saturated carbocycles. The average Bonchev–Trinajstić information content (AvgIpc) is 2.36. The van der Waals surface area contributed by atoms with Gasteiger partial charge in [0.25, 0.3) is 0 Å². The van der Waals surface area contributed by atoms with E-state index in [4.69, 9.17) is 4.42 Å². The molecular weight excluding hydrogens is 292 g/mol. The summed E-state index contributed by atoms with van der Waals surface area (Å²) in [6.07, 6.45) is 3.88. The Labute approximate surface area is 116 Å². The SMILES string of the molecule is C=Cc1oc(=O)/c(=C/C(=C)Br)c(=C)c1CC.CC. The standard InChI is InChI=1S/C13H13BrO2.C2H6/c1-5-10-9(4)11(7-8(3)14)13(15)16-12(10)6-2;1-2/h6-7H,2-5H2,1H3;1-2H3/b11-7+;. The molecule has 0 N–H and O–H groups in total. The van der Waals surface area contributed by atoms with E-state index in [9.17, 15) is 4.79 Å². The minimum Gasteiger partial charge on any atom is -0.423 e. The number of allylic oxidation sites excluding steroid dienone is 1. The van der Waals surface area contributed by atoms with Crippen LogP contribution in [0.25, 0.3) is 18.7 Å². The molecule has 0 atom stereocenters. The van der Waals surface area contributed by atoms with E-state index in [1.165, 1.54) is 6.08 Å². The largest absolute Gasteiger partial charge is 0.423 e. The molecule has 0 aliphatic carbocycles. The van der Waals surface area contributed by atoms with Gasteiger partial charge in [-0.25, -0.2) is 4.79 Å². The Morgan fingerprint density at radius 2 is 2.00 bits per heavy atom. The second-order valence-corrected chi connectivity index (χ2v) is 4.29. The molecule has 1 rings (SSSR count). The molecule has 0 bridgehead atoms. The van der Waals surface area contributed by atoms with Crippen LogP contribution in [0.5, 0.6) is 0 Å². The van der Waals surface area contributed by atoms with Gasteiger partial charge in [0.05, 0.1) is 5.22 Å². The quantitative estimate of drug-likeness (QED) is 0.859. The van der Waals surface area contributed by atoms with Crippen LogP contribution in [0, 0.1) is 0 Å². The van der Waals surface area contributed by atoms with E-state index in [0.29, 0.717) is 20.7 Å². The maximum atomic E-state index is 11.7. The molecule has 0 saturated heterocycles. The monoisotopic (exact) mass is 310 g/mol. The Bertz CT molecular complexity index is 594. The third-order valence-corrected chi connectivity index (χ3v) is 2.48. The zero-order valence-corrected chi connectivity index (χ0v) is 12.8. The van der Waals surface area contributed by atoms with Crippen molar-refractivity contribution in [2.24, 2.45) is 0 Å². The minimum absolute atomic E-state index is 0.419. The fourth-order valence-electron chi connectivity index (χ4n) is 1.51. The minimum atomic E-state index is -0.419. The van der Waals surface area contributed by atoms with Gasteiger partial charge in [0.15, 0.2) is 0 Å². The van der Waals surface area contributed by atoms with Crippen molar-refractivity contribution >= 4 is 34.7 Å². The lowest BCUT2D eigenvalue weighted by atomic mass is 10.1. The predicted octanol–water partition coefficient (Wildman–Crippen LogP) is 2.97. The fraction of sp³-hybridized carbons (Fsp3) is 0.267. The maximum absolute atomic E-state index is 11.7. The van der Waals surface area contributed by atoms with Gasteiger partial charge in [0, 0.05) is 10.0 Å². The van der Waals surface area contributed by atoms with Crippen molar-refractivity contribution < 1.29 is 4.42 Å². The lowest BCUT2D eigenvalue weighted by Crippen LogP contribution is -2.40. The van der Waals surface area contributed by atoms with Gasteiger partial charge < -0.3 is 4.42 Å². The Balaban J connectivity index is 0.00000137. The Kier molecular flexibility index (Phi) is 7.29. The third kappa shape index (κ3) is 3.84. The predicted molar refractivity (Wildman–Crippen MR) is 83.1 cm³/mol. The molecular formula is C15H19BrO2. The molecule has 1 aromatic rings. The van der Waals surface area contributed by atoms with Crippen LogP contribution >= 0.6 is 15.9 Å². The summed E-state index contributed by atoms with van der Waals surface area (Å²) in [7, 11) is 0. The molecule has 0 radical (unpaired) electrons. The van der Waals surface area contributed by atoms with Crippen molar-refractivity contribution in [3.8, 4) is 0 Å². The maximum Gasteiger partial charge on any atom is 0.344 e. The van der Waals surface area contributed by atoms with Crippen LogP contribution in [0.4, 0.5) is 0 Å². The zero-order valence-electron chi connectivity index (χ0n) is 11.2. The van der Waals surface area contributed by atoms with Crippen molar-refractivity contribution in [2.75, 3.05) is 0 Å². The Morgan fingerprint density at radius 3 is 2.39 bits per heavy atom. The van der Waals surface area contributed by atoms with Gasteiger partial charge in [0.2, 0.25) is 0 Å². The molecule has 0 amide bonds. The average molecular weight is 311 g/mol. The molecule has 3 heteroatoms. The second kappa shape index (κ2) is 7.88. The Hall–Kier alpha value is -1.35. The van der Waals surface area contributed by atoms with E-state index in [1.54, 1.807) is 6.08 Å². The molecule has 18 heavy (non-hydrogen) atoms. The molecule has 1 aromatic heterocycles. The van der Waals surface area contributed by atoms with Crippen LogP contribution in [0.3, 0.4) is 0 Å². The zero-order chi connectivity index (χ0) is 14.3. The second-order valence-electron chi connectivity index (χ2n) is 3.27. The molecule has 0 aliphatic rings. The van der Waals surface area contributed by atoms with Crippen molar-refractivity contribution in [3.05, 3.63) is 49.8 Å². The number of halogens is 1. The van der Waals surface area contributed by atoms with Crippen molar-refractivity contribution in [3.63, 3.8) is 0 Å². The summed E-state index contributed by atoms with van der Waals surface area (Å²) in [5.41, 5.74) is 0.479. The van der Waals surface area contributed by atoms with Crippen molar-refractivity contribution in [2.45, 2.75) is 27.2 Å². The lowest BCUT2D eigenvalue weighted by Gasteiger charge is -2.02. The first kappa shape index (κ1) is 16.6. The highest BCUT2D eigenvalue weighted by atomic mass is 79.9. The lowest BCUT2D eigenvalue weighted by molar-refractivity contribution is 0.487. The van der Waals surface area contributed by atoms with Gasteiger partial charge in [0.1, 0.15) is 5.76 Å². The van der Waals surface area contributed by atoms with Crippen LogP contribution in [-0.2, 0) is 6.42 Å². The molecule has 0 spiro atoms. The van der Waals surface area contributed by atoms with Crippen LogP contribution in [-0.4, -0.2) is 0 Å². The molecule has 2 nitrogen and oxygen atoms in total. The molecule has 0 fully saturated rings. The van der Waals surface area contributed by atoms with Crippen LogP contribution in [0.2, 0.25) is 0 Å². The summed E-state index contributed by atoms with van der Waals surface area (Å²) in [6, 6.07) is 0. The molecule has 98 valence electrons. The van der Waals surface area contributed by atoms with E-state index < -0.39 is 5.63 Å². The highest BCUT2D eigenvalue weighted by Gasteiger charge is 2.05. The number of rotatable bonds is 3. The highest BCUT2D eigenvalue weighted by molar-refractivity contribution is 9.12. The van der Waals surface area contributed by atoms with Gasteiger partial charge >= 0.3 is 5.63 Å². The Morgan fingerprint density at radius 1 is 1.44 bits per heavy atom. The van der Waals surface area contributed by atoms with Crippen LogP contribution in [0.1, 0.15) is 32.1 Å². The normalized spacial score (nSPS) is 10.6. The third-order valence-electron chi connectivity index (χ3n) is 2.25. The van der Waals surface area contributed by atoms with E-state index in [2.05, 4.69) is 35.7 Å². The number of hydrogen-bond acceptors (Lipinski definition) is 2.